The first-order chi connectivity index (χ1) is 16.1. The number of hydrogen-bond donors (Lipinski definition) is 0. The minimum atomic E-state index is -0.492. The number of halogens is 2. The molecule has 6 nitrogen and oxygen atoms in total. The molecule has 2 aromatic rings. The molecule has 0 saturated carbocycles. The number of nitrogens with zero attached hydrogens (tertiary/aromatic N) is 4. The van der Waals surface area contributed by atoms with E-state index in [4.69, 9.17) is 9.68 Å². The zero-order chi connectivity index (χ0) is 23.2. The predicted molar refractivity (Wildman–Crippen MR) is 123 cm³/mol. The summed E-state index contributed by atoms with van der Waals surface area (Å²) >= 11 is 0. The fourth-order valence-electron chi connectivity index (χ4n) is 4.52. The van der Waals surface area contributed by atoms with Gasteiger partial charge in [-0.25, -0.2) is 8.78 Å². The molecule has 0 N–H and O–H groups in total. The summed E-state index contributed by atoms with van der Waals surface area (Å²) in [5.41, 5.74) is 7.96. The normalized spacial score (nSPS) is 17.7. The maximum absolute atomic E-state index is 13.4. The van der Waals surface area contributed by atoms with Gasteiger partial charge in [0.1, 0.15) is 38.0 Å². The highest BCUT2D eigenvalue weighted by atomic mass is 19.1. The number of hydrogen-bond acceptors (Lipinski definition) is 6. The molecule has 0 fully saturated rings. The number of aryl methyl sites for hydroxylation is 2. The third kappa shape index (κ3) is 5.37. The monoisotopic (exact) mass is 456 g/mol. The molecule has 2 heterocycles. The summed E-state index contributed by atoms with van der Waals surface area (Å²) in [4.78, 5) is 20.2. The Kier molecular flexibility index (Phi) is 7.62. The van der Waals surface area contributed by atoms with Gasteiger partial charge < -0.3 is 9.68 Å². The second-order valence-electron chi connectivity index (χ2n) is 8.57. The number of alkyl halides is 2. The molecule has 176 valence electrons. The summed E-state index contributed by atoms with van der Waals surface area (Å²) in [6.45, 7) is 3.51. The van der Waals surface area contributed by atoms with Crippen LogP contribution in [0.5, 0.6) is 0 Å². The second-order valence-corrected chi connectivity index (χ2v) is 8.57. The van der Waals surface area contributed by atoms with Crippen LogP contribution in [0.4, 0.5) is 8.78 Å². The van der Waals surface area contributed by atoms with Crippen LogP contribution in [-0.2, 0) is 35.9 Å². The third-order valence-corrected chi connectivity index (χ3v) is 6.03. The average molecular weight is 457 g/mol. The van der Waals surface area contributed by atoms with Crippen molar-refractivity contribution in [3.05, 3.63) is 57.2 Å². The van der Waals surface area contributed by atoms with E-state index >= 15 is 0 Å². The lowest BCUT2D eigenvalue weighted by molar-refractivity contribution is 0.0894. The van der Waals surface area contributed by atoms with E-state index in [0.29, 0.717) is 30.8 Å². The van der Waals surface area contributed by atoms with Crippen LogP contribution in [0.15, 0.2) is 22.4 Å². The van der Waals surface area contributed by atoms with E-state index in [1.807, 2.05) is 13.8 Å². The van der Waals surface area contributed by atoms with Crippen LogP contribution in [0.3, 0.4) is 0 Å². The van der Waals surface area contributed by atoms with Crippen LogP contribution in [-0.4, -0.2) is 34.6 Å². The molecule has 0 unspecified atom stereocenters. The van der Waals surface area contributed by atoms with Crippen molar-refractivity contribution in [2.45, 2.75) is 72.1 Å². The van der Waals surface area contributed by atoms with Crippen molar-refractivity contribution in [2.75, 3.05) is 13.2 Å². The summed E-state index contributed by atoms with van der Waals surface area (Å²) in [6, 6.07) is 3.61. The van der Waals surface area contributed by atoms with Crippen molar-refractivity contribution in [1.82, 2.24) is 9.97 Å². The predicted octanol–water partition coefficient (Wildman–Crippen LogP) is 5.24. The molecular weight excluding hydrogens is 426 g/mol. The van der Waals surface area contributed by atoms with Gasteiger partial charge in [-0.2, -0.15) is 0 Å². The quantitative estimate of drug-likeness (QED) is 0.403. The molecule has 2 aliphatic rings. The van der Waals surface area contributed by atoms with Gasteiger partial charge in [0.2, 0.25) is 0 Å². The Labute approximate surface area is 193 Å². The van der Waals surface area contributed by atoms with Crippen LogP contribution in [0.25, 0.3) is 0 Å². The molecule has 0 bridgehead atoms. The highest BCUT2D eigenvalue weighted by molar-refractivity contribution is 6.01. The Morgan fingerprint density at radius 2 is 1.21 bits per heavy atom. The molecular formula is C25H30F2N4O2. The van der Waals surface area contributed by atoms with Gasteiger partial charge in [0.15, 0.2) is 0 Å². The van der Waals surface area contributed by atoms with Gasteiger partial charge in [-0.15, -0.1) is 0 Å². The molecule has 0 aliphatic heterocycles. The molecule has 2 aromatic heterocycles. The van der Waals surface area contributed by atoms with E-state index in [1.165, 1.54) is 0 Å². The first-order valence-electron chi connectivity index (χ1n) is 11.6. The van der Waals surface area contributed by atoms with Crippen LogP contribution >= 0.6 is 0 Å². The van der Waals surface area contributed by atoms with Gasteiger partial charge >= 0.3 is 0 Å². The molecule has 0 aromatic carbocycles. The van der Waals surface area contributed by atoms with Gasteiger partial charge in [-0.3, -0.25) is 9.97 Å². The van der Waals surface area contributed by atoms with Crippen LogP contribution < -0.4 is 0 Å². The zero-order valence-corrected chi connectivity index (χ0v) is 19.3. The molecule has 0 radical (unpaired) electrons. The highest BCUT2D eigenvalue weighted by Crippen LogP contribution is 2.26. The molecule has 33 heavy (non-hydrogen) atoms. The minimum absolute atomic E-state index is 0.380. The Bertz CT molecular complexity index is 985. The van der Waals surface area contributed by atoms with E-state index in [-0.39, 0.29) is 0 Å². The highest BCUT2D eigenvalue weighted by Gasteiger charge is 2.22. The van der Waals surface area contributed by atoms with E-state index in [1.54, 1.807) is 12.1 Å². The Morgan fingerprint density at radius 3 is 1.64 bits per heavy atom. The minimum Gasteiger partial charge on any atom is -0.395 e. The Morgan fingerprint density at radius 1 is 0.758 bits per heavy atom. The maximum atomic E-state index is 13.4. The molecule has 8 heteroatoms. The van der Waals surface area contributed by atoms with Crippen molar-refractivity contribution in [1.29, 1.82) is 0 Å². The molecule has 4 rings (SSSR count). The zero-order valence-electron chi connectivity index (χ0n) is 19.3. The standard InChI is InChI=1S/C25H30F2N4O2/c1-16-12-18(14-26)20-6-3-8-22(24(20)28-16)30-32-10-5-11-33-31-23-9-4-7-21-19(15-27)13-17(2)29-25(21)23/h12-13H,3-11,14-15H2,1-2H3. The summed E-state index contributed by atoms with van der Waals surface area (Å²) in [5.74, 6) is 0. The fourth-order valence-corrected chi connectivity index (χ4v) is 4.52. The largest absolute Gasteiger partial charge is 0.395 e. The van der Waals surface area contributed by atoms with E-state index < -0.39 is 13.3 Å². The maximum Gasteiger partial charge on any atom is 0.120 e. The van der Waals surface area contributed by atoms with Crippen molar-refractivity contribution in [3.63, 3.8) is 0 Å². The molecule has 0 spiro atoms. The Balaban J connectivity index is 1.31. The Hall–Kier alpha value is -2.90. The van der Waals surface area contributed by atoms with Gasteiger partial charge in [0.05, 0.1) is 11.4 Å². The summed E-state index contributed by atoms with van der Waals surface area (Å²) in [6.07, 6.45) is 5.61. The SMILES string of the molecule is Cc1cc(CF)c2c(n1)C(=NOCCCON=C1CCCc3c(CF)cc(C)nc31)CCC2. The average Bonchev–Trinajstić information content (AvgIpc) is 2.82. The molecule has 2 aliphatic carbocycles. The van der Waals surface area contributed by atoms with Crippen molar-refractivity contribution < 1.29 is 18.5 Å². The fraction of sp³-hybridized carbons (Fsp3) is 0.520. The lowest BCUT2D eigenvalue weighted by Gasteiger charge is -2.20. The third-order valence-electron chi connectivity index (χ3n) is 6.03. The lowest BCUT2D eigenvalue weighted by Crippen LogP contribution is -2.18. The summed E-state index contributed by atoms with van der Waals surface area (Å²) in [7, 11) is 0. The van der Waals surface area contributed by atoms with Gasteiger partial charge in [-0.05, 0) is 86.8 Å². The number of oxime groups is 2. The van der Waals surface area contributed by atoms with Crippen molar-refractivity contribution >= 4 is 11.4 Å². The smallest absolute Gasteiger partial charge is 0.120 e. The van der Waals surface area contributed by atoms with Crippen LogP contribution in [0.2, 0.25) is 0 Å². The topological polar surface area (TPSA) is 69.0 Å². The van der Waals surface area contributed by atoms with E-state index in [2.05, 4.69) is 20.3 Å². The number of fused-ring (bicyclic) bond motifs is 2. The first kappa shape index (κ1) is 23.3. The second kappa shape index (κ2) is 10.8. The van der Waals surface area contributed by atoms with Crippen LogP contribution in [0.1, 0.15) is 77.1 Å². The summed E-state index contributed by atoms with van der Waals surface area (Å²) < 4.78 is 26.8. The van der Waals surface area contributed by atoms with Gasteiger partial charge in [0, 0.05) is 17.8 Å². The summed E-state index contributed by atoms with van der Waals surface area (Å²) in [5, 5.41) is 8.56. The van der Waals surface area contributed by atoms with Gasteiger partial charge in [-0.1, -0.05) is 10.3 Å². The van der Waals surface area contributed by atoms with Crippen LogP contribution in [0, 0.1) is 13.8 Å². The van der Waals surface area contributed by atoms with Crippen molar-refractivity contribution in [3.8, 4) is 0 Å². The first-order valence-corrected chi connectivity index (χ1v) is 11.6. The molecule has 0 atom stereocenters. The number of pyridine rings is 2. The van der Waals surface area contributed by atoms with E-state index in [9.17, 15) is 8.78 Å². The molecule has 0 amide bonds. The van der Waals surface area contributed by atoms with Crippen molar-refractivity contribution in [2.24, 2.45) is 10.3 Å². The molecule has 0 saturated heterocycles. The van der Waals surface area contributed by atoms with Gasteiger partial charge in [0.25, 0.3) is 0 Å². The number of rotatable bonds is 8. The lowest BCUT2D eigenvalue weighted by atomic mass is 9.91. The number of aromatic nitrogens is 2. The van der Waals surface area contributed by atoms with E-state index in [0.717, 1.165) is 83.9 Å².